The van der Waals surface area contributed by atoms with E-state index in [0.717, 1.165) is 11.3 Å². The third kappa shape index (κ3) is 3.50. The summed E-state index contributed by atoms with van der Waals surface area (Å²) >= 11 is 0. The molecule has 3 amide bonds. The van der Waals surface area contributed by atoms with Gasteiger partial charge < -0.3 is 14.7 Å². The first-order valence-corrected chi connectivity index (χ1v) is 7.39. The number of urea groups is 1. The Morgan fingerprint density at radius 3 is 2.70 bits per heavy atom. The summed E-state index contributed by atoms with van der Waals surface area (Å²) in [5.74, 6) is 0.957. The monoisotopic (exact) mass is 314 g/mol. The van der Waals surface area contributed by atoms with Crippen LogP contribution >= 0.6 is 0 Å². The van der Waals surface area contributed by atoms with Crippen LogP contribution in [-0.4, -0.2) is 29.7 Å². The van der Waals surface area contributed by atoms with Gasteiger partial charge in [0.15, 0.2) is 5.82 Å². The molecule has 0 aliphatic carbocycles. The molecule has 3 rings (SSSR count). The van der Waals surface area contributed by atoms with Crippen LogP contribution in [0.5, 0.6) is 0 Å². The normalized spacial score (nSPS) is 17.4. The van der Waals surface area contributed by atoms with Gasteiger partial charge in [-0.1, -0.05) is 22.9 Å². The first-order chi connectivity index (χ1) is 11.0. The van der Waals surface area contributed by atoms with Gasteiger partial charge >= 0.3 is 6.03 Å². The molecule has 1 aromatic heterocycles. The molecule has 2 aromatic rings. The molecule has 1 aliphatic rings. The molecule has 2 N–H and O–H groups in total. The fraction of sp³-hybridized carbons (Fsp3) is 0.312. The van der Waals surface area contributed by atoms with E-state index in [4.69, 9.17) is 4.52 Å². The number of carbonyl (C=O) groups is 2. The van der Waals surface area contributed by atoms with Gasteiger partial charge in [-0.2, -0.15) is 0 Å². The number of aromatic nitrogens is 1. The van der Waals surface area contributed by atoms with Crippen molar-refractivity contribution in [3.8, 4) is 0 Å². The van der Waals surface area contributed by atoms with Gasteiger partial charge in [0.2, 0.25) is 5.91 Å². The molecule has 0 spiro atoms. The molecule has 7 nitrogen and oxygen atoms in total. The van der Waals surface area contributed by atoms with Crippen LogP contribution in [0.4, 0.5) is 16.3 Å². The standard InChI is InChI=1S/C16H18N4O3/c1-10-3-5-13(6-4-10)20-9-12(8-15(20)21)17-16(22)18-14-7-11(2)23-19-14/h3-7,12H,8-9H2,1-2H3,(H2,17,18,19,22). The van der Waals surface area contributed by atoms with Gasteiger partial charge in [0.25, 0.3) is 0 Å². The van der Waals surface area contributed by atoms with Gasteiger partial charge in [-0.15, -0.1) is 0 Å². The third-order valence-corrected chi connectivity index (χ3v) is 3.68. The summed E-state index contributed by atoms with van der Waals surface area (Å²) in [6, 6.07) is 8.73. The van der Waals surface area contributed by atoms with Crippen LogP contribution in [0.15, 0.2) is 34.9 Å². The molecule has 1 atom stereocenters. The van der Waals surface area contributed by atoms with Crippen molar-refractivity contribution in [3.05, 3.63) is 41.7 Å². The molecule has 0 radical (unpaired) electrons. The number of aryl methyl sites for hydroxylation is 2. The Bertz CT molecular complexity index is 723. The second kappa shape index (κ2) is 6.12. The van der Waals surface area contributed by atoms with Crippen molar-refractivity contribution in [1.82, 2.24) is 10.5 Å². The van der Waals surface area contributed by atoms with E-state index < -0.39 is 6.03 Å². The average Bonchev–Trinajstić information content (AvgIpc) is 3.06. The number of nitrogens with one attached hydrogen (secondary N) is 2. The molecule has 0 saturated carbocycles. The maximum atomic E-state index is 12.1. The van der Waals surface area contributed by atoms with Gasteiger partial charge in [-0.25, -0.2) is 4.79 Å². The molecule has 120 valence electrons. The molecule has 23 heavy (non-hydrogen) atoms. The summed E-state index contributed by atoms with van der Waals surface area (Å²) in [6.45, 7) is 4.19. The van der Waals surface area contributed by atoms with E-state index in [2.05, 4.69) is 15.8 Å². The molecule has 0 bridgehead atoms. The predicted octanol–water partition coefficient (Wildman–Crippen LogP) is 2.22. The van der Waals surface area contributed by atoms with Gasteiger partial charge in [0.05, 0.1) is 6.04 Å². The summed E-state index contributed by atoms with van der Waals surface area (Å²) in [4.78, 5) is 25.8. The number of anilines is 2. The van der Waals surface area contributed by atoms with E-state index in [1.54, 1.807) is 17.9 Å². The van der Waals surface area contributed by atoms with Crippen molar-refractivity contribution in [1.29, 1.82) is 0 Å². The lowest BCUT2D eigenvalue weighted by Crippen LogP contribution is -2.39. The topological polar surface area (TPSA) is 87.5 Å². The second-order valence-corrected chi connectivity index (χ2v) is 5.66. The van der Waals surface area contributed by atoms with E-state index in [-0.39, 0.29) is 18.4 Å². The minimum Gasteiger partial charge on any atom is -0.360 e. The minimum absolute atomic E-state index is 0.00330. The van der Waals surface area contributed by atoms with E-state index >= 15 is 0 Å². The zero-order valence-electron chi connectivity index (χ0n) is 13.0. The minimum atomic E-state index is -0.401. The Labute approximate surface area is 133 Å². The lowest BCUT2D eigenvalue weighted by molar-refractivity contribution is -0.117. The van der Waals surface area contributed by atoms with Gasteiger partial charge in [-0.3, -0.25) is 10.1 Å². The molecular formula is C16H18N4O3. The zero-order valence-corrected chi connectivity index (χ0v) is 13.0. The fourth-order valence-corrected chi connectivity index (χ4v) is 2.54. The smallest absolute Gasteiger partial charge is 0.320 e. The number of benzene rings is 1. The van der Waals surface area contributed by atoms with Crippen LogP contribution in [0.2, 0.25) is 0 Å². The number of rotatable bonds is 3. The van der Waals surface area contributed by atoms with Crippen molar-refractivity contribution in [3.63, 3.8) is 0 Å². The lowest BCUT2D eigenvalue weighted by atomic mass is 10.2. The van der Waals surface area contributed by atoms with Crippen molar-refractivity contribution in [2.75, 3.05) is 16.8 Å². The molecular weight excluding hydrogens is 296 g/mol. The first-order valence-electron chi connectivity index (χ1n) is 7.39. The quantitative estimate of drug-likeness (QED) is 0.909. The van der Waals surface area contributed by atoms with Gasteiger partial charge in [-0.05, 0) is 26.0 Å². The van der Waals surface area contributed by atoms with Crippen LogP contribution in [0.1, 0.15) is 17.7 Å². The van der Waals surface area contributed by atoms with Crippen molar-refractivity contribution in [2.45, 2.75) is 26.3 Å². The highest BCUT2D eigenvalue weighted by Gasteiger charge is 2.31. The summed E-state index contributed by atoms with van der Waals surface area (Å²) in [6.07, 6.45) is 0.277. The maximum Gasteiger partial charge on any atom is 0.320 e. The SMILES string of the molecule is Cc1ccc(N2CC(NC(=O)Nc3cc(C)on3)CC2=O)cc1. The highest BCUT2D eigenvalue weighted by molar-refractivity contribution is 5.97. The van der Waals surface area contributed by atoms with Gasteiger partial charge in [0, 0.05) is 24.7 Å². The summed E-state index contributed by atoms with van der Waals surface area (Å²) in [5.41, 5.74) is 1.98. The van der Waals surface area contributed by atoms with Crippen LogP contribution in [0.3, 0.4) is 0 Å². The van der Waals surface area contributed by atoms with E-state index in [9.17, 15) is 9.59 Å². The van der Waals surface area contributed by atoms with Crippen LogP contribution in [0.25, 0.3) is 0 Å². The third-order valence-electron chi connectivity index (χ3n) is 3.68. The zero-order chi connectivity index (χ0) is 16.4. The number of hydrogen-bond acceptors (Lipinski definition) is 4. The van der Waals surface area contributed by atoms with E-state index in [1.165, 1.54) is 0 Å². The van der Waals surface area contributed by atoms with Crippen LogP contribution in [0, 0.1) is 13.8 Å². The molecule has 2 heterocycles. The molecule has 1 fully saturated rings. The highest BCUT2D eigenvalue weighted by Crippen LogP contribution is 2.22. The van der Waals surface area contributed by atoms with Crippen LogP contribution < -0.4 is 15.5 Å². The molecule has 1 aromatic carbocycles. The molecule has 1 saturated heterocycles. The van der Waals surface area contributed by atoms with E-state index in [1.807, 2.05) is 31.2 Å². The Kier molecular flexibility index (Phi) is 4.01. The van der Waals surface area contributed by atoms with Crippen molar-refractivity contribution < 1.29 is 14.1 Å². The van der Waals surface area contributed by atoms with Gasteiger partial charge in [0.1, 0.15) is 5.76 Å². The predicted molar refractivity (Wildman–Crippen MR) is 85.3 cm³/mol. The highest BCUT2D eigenvalue weighted by atomic mass is 16.5. The maximum absolute atomic E-state index is 12.1. The fourth-order valence-electron chi connectivity index (χ4n) is 2.54. The summed E-state index contributed by atoms with van der Waals surface area (Å²) in [7, 11) is 0. The van der Waals surface area contributed by atoms with E-state index in [0.29, 0.717) is 18.1 Å². The Balaban J connectivity index is 1.59. The summed E-state index contributed by atoms with van der Waals surface area (Å²) < 4.78 is 4.88. The summed E-state index contributed by atoms with van der Waals surface area (Å²) in [5, 5.41) is 9.06. The number of nitrogens with zero attached hydrogens (tertiary/aromatic N) is 2. The number of carbonyl (C=O) groups excluding carboxylic acids is 2. The average molecular weight is 314 g/mol. The first kappa shape index (κ1) is 15.1. The van der Waals surface area contributed by atoms with Crippen LogP contribution in [-0.2, 0) is 4.79 Å². The molecule has 1 unspecified atom stereocenters. The second-order valence-electron chi connectivity index (χ2n) is 5.66. The number of amides is 3. The number of hydrogen-bond donors (Lipinski definition) is 2. The van der Waals surface area contributed by atoms with Crippen molar-refractivity contribution in [2.24, 2.45) is 0 Å². The Morgan fingerprint density at radius 2 is 2.04 bits per heavy atom. The molecule has 1 aliphatic heterocycles. The lowest BCUT2D eigenvalue weighted by Gasteiger charge is -2.17. The van der Waals surface area contributed by atoms with Crippen molar-refractivity contribution >= 4 is 23.4 Å². The Morgan fingerprint density at radius 1 is 1.30 bits per heavy atom. The Hall–Kier alpha value is -2.83. The molecule has 7 heteroatoms. The largest absolute Gasteiger partial charge is 0.360 e.